The van der Waals surface area contributed by atoms with Crippen molar-refractivity contribution < 1.29 is 52.2 Å². The maximum atomic E-state index is 12.9. The number of ether oxygens (including phenoxy) is 3. The summed E-state index contributed by atoms with van der Waals surface area (Å²) in [6.07, 6.45) is 68.2. The van der Waals surface area contributed by atoms with E-state index in [2.05, 4.69) is 99.8 Å². The van der Waals surface area contributed by atoms with Crippen LogP contribution in [0.4, 0.5) is 0 Å². The van der Waals surface area contributed by atoms with Crippen LogP contribution in [0.5, 0.6) is 0 Å². The van der Waals surface area contributed by atoms with Crippen LogP contribution in [-0.2, 0) is 42.2 Å². The normalized spacial score (nSPS) is 14.0. The molecule has 0 amide bonds. The molecule has 12 heteroatoms. The molecule has 0 aromatic rings. The van der Waals surface area contributed by atoms with Crippen LogP contribution in [-0.4, -0.2) is 66.5 Å². The van der Waals surface area contributed by atoms with Gasteiger partial charge in [0.05, 0.1) is 26.2 Å². The van der Waals surface area contributed by atoms with E-state index in [9.17, 15) is 28.9 Å². The highest BCUT2D eigenvalue weighted by atomic mass is 31.2. The Hall–Kier alpha value is -3.60. The van der Waals surface area contributed by atoms with Crippen LogP contribution in [0.1, 0.15) is 252 Å². The van der Waals surface area contributed by atoms with Gasteiger partial charge in [0.1, 0.15) is 12.7 Å². The van der Waals surface area contributed by atoms with E-state index < -0.39 is 64.4 Å². The zero-order chi connectivity index (χ0) is 55.5. The minimum atomic E-state index is -4.78. The molecule has 3 atom stereocenters. The van der Waals surface area contributed by atoms with Gasteiger partial charge in [0, 0.05) is 12.8 Å². The van der Waals surface area contributed by atoms with Crippen LogP contribution >= 0.6 is 7.82 Å². The molecule has 0 aliphatic rings. The van der Waals surface area contributed by atoms with E-state index in [1.165, 1.54) is 83.5 Å². The molecule has 0 saturated carbocycles. The molecule has 0 aliphatic heterocycles. The molecule has 0 rings (SSSR count). The molecular formula is C64H109O11P. The molecule has 3 unspecified atom stereocenters. The standard InChI is InChI=1S/C64H109O11P/c1-4-7-10-13-16-19-22-25-28-30-33-36-39-42-45-48-51-54-63(67)74-60(56-65)58-72-76(69,70)73-59-61(57-71-62(66)53-50-47-44-41-38-35-32-27-24-21-18-15-12-9-6-3)75-64(68)55-52-49-46-43-40-37-34-31-29-26-23-20-17-14-11-8-5-2/h8-9,11-12,17-18,20-21,26-27,29,32,38,41,47,50,60-61,65H,4-7,10,13-16,19,22-25,28,30-31,33-37,39-40,42-46,48-49,51-59H2,1-3H3,(H,69,70)/b11-8-,12-9-,20-17-,21-18-,29-26-,32-27-,41-38-,50-47-. The van der Waals surface area contributed by atoms with E-state index in [1.807, 2.05) is 12.2 Å². The maximum Gasteiger partial charge on any atom is 0.472 e. The highest BCUT2D eigenvalue weighted by Gasteiger charge is 2.28. The topological polar surface area (TPSA) is 155 Å². The Labute approximate surface area is 463 Å². The SMILES string of the molecule is CC/C=C\C/C=C\C/C=C\C/C=C\C/C=C\CC(=O)OCC(COP(=O)(O)OCC(CO)OC(=O)CCCCCCCCCCCCCCCCCCC)OC(=O)CCCCCCCCC/C=C\C/C=C\C/C=C\CC. The molecule has 0 fully saturated rings. The van der Waals surface area contributed by atoms with Crippen molar-refractivity contribution in [1.29, 1.82) is 0 Å². The summed E-state index contributed by atoms with van der Waals surface area (Å²) >= 11 is 0. The highest BCUT2D eigenvalue weighted by molar-refractivity contribution is 7.47. The predicted octanol–water partition coefficient (Wildman–Crippen LogP) is 18.0. The minimum absolute atomic E-state index is 0.0108. The first-order valence-electron chi connectivity index (χ1n) is 30.1. The Bertz CT molecular complexity index is 1640. The van der Waals surface area contributed by atoms with Crippen molar-refractivity contribution in [2.45, 2.75) is 264 Å². The minimum Gasteiger partial charge on any atom is -0.461 e. The van der Waals surface area contributed by atoms with Gasteiger partial charge in [-0.25, -0.2) is 4.57 Å². The Morgan fingerprint density at radius 2 is 0.724 bits per heavy atom. The maximum absolute atomic E-state index is 12.9. The molecule has 0 saturated heterocycles. The number of hydrogen-bond acceptors (Lipinski definition) is 10. The molecule has 2 N–H and O–H groups in total. The lowest BCUT2D eigenvalue weighted by Crippen LogP contribution is -2.30. The summed E-state index contributed by atoms with van der Waals surface area (Å²) in [6, 6.07) is 0. The lowest BCUT2D eigenvalue weighted by atomic mass is 10.0. The van der Waals surface area contributed by atoms with E-state index >= 15 is 0 Å². The molecule has 436 valence electrons. The first-order valence-corrected chi connectivity index (χ1v) is 31.6. The molecule has 76 heavy (non-hydrogen) atoms. The third kappa shape index (κ3) is 55.2. The Morgan fingerprint density at radius 3 is 1.12 bits per heavy atom. The molecular weight excluding hydrogens is 976 g/mol. The van der Waals surface area contributed by atoms with Gasteiger partial charge in [-0.05, 0) is 77.0 Å². The van der Waals surface area contributed by atoms with Crippen molar-refractivity contribution in [2.24, 2.45) is 0 Å². The number of phosphoric acid groups is 1. The highest BCUT2D eigenvalue weighted by Crippen LogP contribution is 2.43. The van der Waals surface area contributed by atoms with Crippen molar-refractivity contribution in [2.75, 3.05) is 26.4 Å². The van der Waals surface area contributed by atoms with Gasteiger partial charge in [-0.3, -0.25) is 23.4 Å². The molecule has 0 aromatic heterocycles. The summed E-state index contributed by atoms with van der Waals surface area (Å²) in [7, 11) is -4.78. The summed E-state index contributed by atoms with van der Waals surface area (Å²) < 4.78 is 39.5. The van der Waals surface area contributed by atoms with Gasteiger partial charge in [0.25, 0.3) is 0 Å². The fourth-order valence-corrected chi connectivity index (χ4v) is 8.82. The fraction of sp³-hybridized carbons (Fsp3) is 0.703. The largest absolute Gasteiger partial charge is 0.472 e. The van der Waals surface area contributed by atoms with E-state index in [4.69, 9.17) is 23.3 Å². The second kappa shape index (κ2) is 57.6. The Kier molecular flexibility index (Phi) is 54.8. The zero-order valence-corrected chi connectivity index (χ0v) is 49.1. The van der Waals surface area contributed by atoms with Gasteiger partial charge in [-0.15, -0.1) is 0 Å². The van der Waals surface area contributed by atoms with Crippen molar-refractivity contribution in [3.05, 3.63) is 97.2 Å². The molecule has 0 heterocycles. The van der Waals surface area contributed by atoms with E-state index in [0.717, 1.165) is 109 Å². The fourth-order valence-electron chi connectivity index (χ4n) is 8.03. The Balaban J connectivity index is 4.78. The van der Waals surface area contributed by atoms with Crippen molar-refractivity contribution >= 4 is 25.7 Å². The zero-order valence-electron chi connectivity index (χ0n) is 48.2. The van der Waals surface area contributed by atoms with E-state index in [-0.39, 0.29) is 19.3 Å². The third-order valence-electron chi connectivity index (χ3n) is 12.5. The number of aliphatic hydroxyl groups is 1. The molecule has 0 aliphatic carbocycles. The van der Waals surface area contributed by atoms with Crippen LogP contribution in [0.2, 0.25) is 0 Å². The molecule has 0 aromatic carbocycles. The first-order chi connectivity index (χ1) is 37.2. The third-order valence-corrected chi connectivity index (χ3v) is 13.5. The first kappa shape index (κ1) is 72.4. The van der Waals surface area contributed by atoms with E-state index in [1.54, 1.807) is 6.08 Å². The monoisotopic (exact) mass is 1080 g/mol. The summed E-state index contributed by atoms with van der Waals surface area (Å²) in [5, 5.41) is 9.84. The van der Waals surface area contributed by atoms with E-state index in [0.29, 0.717) is 19.3 Å². The summed E-state index contributed by atoms with van der Waals surface area (Å²) in [5.74, 6) is -1.63. The van der Waals surface area contributed by atoms with Crippen molar-refractivity contribution in [3.63, 3.8) is 0 Å². The summed E-state index contributed by atoms with van der Waals surface area (Å²) in [5.41, 5.74) is 0. The predicted molar refractivity (Wildman–Crippen MR) is 316 cm³/mol. The van der Waals surface area contributed by atoms with Gasteiger partial charge in [0.2, 0.25) is 0 Å². The van der Waals surface area contributed by atoms with Crippen LogP contribution in [0.25, 0.3) is 0 Å². The van der Waals surface area contributed by atoms with Crippen molar-refractivity contribution in [3.8, 4) is 0 Å². The van der Waals surface area contributed by atoms with Gasteiger partial charge in [-0.1, -0.05) is 253 Å². The Morgan fingerprint density at radius 1 is 0.395 bits per heavy atom. The number of allylic oxidation sites excluding steroid dienone is 15. The molecule has 11 nitrogen and oxygen atoms in total. The van der Waals surface area contributed by atoms with Crippen molar-refractivity contribution in [1.82, 2.24) is 0 Å². The number of rotatable bonds is 55. The second-order valence-corrected chi connectivity index (χ2v) is 21.2. The van der Waals surface area contributed by atoms with Gasteiger partial charge < -0.3 is 24.2 Å². The number of carbonyl (C=O) groups is 3. The molecule has 0 spiro atoms. The van der Waals surface area contributed by atoms with Crippen LogP contribution in [0.15, 0.2) is 97.2 Å². The van der Waals surface area contributed by atoms with Crippen LogP contribution < -0.4 is 0 Å². The summed E-state index contributed by atoms with van der Waals surface area (Å²) in [4.78, 5) is 48.6. The average molecular weight is 1090 g/mol. The molecule has 0 radical (unpaired) electrons. The lowest BCUT2D eigenvalue weighted by molar-refractivity contribution is -0.161. The quantitative estimate of drug-likeness (QED) is 0.0197. The second-order valence-electron chi connectivity index (χ2n) is 19.8. The van der Waals surface area contributed by atoms with Gasteiger partial charge in [0.15, 0.2) is 6.10 Å². The number of hydrogen-bond donors (Lipinski definition) is 2. The number of aliphatic hydroxyl groups excluding tert-OH is 1. The average Bonchev–Trinajstić information content (AvgIpc) is 3.41. The van der Waals surface area contributed by atoms with Gasteiger partial charge >= 0.3 is 25.7 Å². The number of phosphoric ester groups is 1. The van der Waals surface area contributed by atoms with Crippen LogP contribution in [0.3, 0.4) is 0 Å². The summed E-state index contributed by atoms with van der Waals surface area (Å²) in [6.45, 7) is 4.32. The number of carbonyl (C=O) groups excluding carboxylic acids is 3. The lowest BCUT2D eigenvalue weighted by Gasteiger charge is -2.21. The van der Waals surface area contributed by atoms with Crippen LogP contribution in [0, 0.1) is 0 Å². The smallest absolute Gasteiger partial charge is 0.461 e. The number of esters is 3. The van der Waals surface area contributed by atoms with Gasteiger partial charge in [-0.2, -0.15) is 0 Å². The number of unbranched alkanes of at least 4 members (excludes halogenated alkanes) is 23. The molecule has 0 bridgehead atoms.